The molecule has 0 radical (unpaired) electrons. The van der Waals surface area contributed by atoms with Crippen LogP contribution in [-0.2, 0) is 4.79 Å². The first-order valence-electron chi connectivity index (χ1n) is 11.5. The Hall–Kier alpha value is -3.81. The number of hydrogen-bond donors (Lipinski definition) is 1. The summed E-state index contributed by atoms with van der Waals surface area (Å²) in [7, 11) is 0. The Bertz CT molecular complexity index is 1380. The summed E-state index contributed by atoms with van der Waals surface area (Å²) in [4.78, 5) is 29.7. The van der Waals surface area contributed by atoms with Crippen LogP contribution in [0.5, 0.6) is 0 Å². The van der Waals surface area contributed by atoms with Gasteiger partial charge in [-0.15, -0.1) is 0 Å². The third kappa shape index (κ3) is 4.00. The van der Waals surface area contributed by atoms with E-state index in [1.807, 2.05) is 23.1 Å². The van der Waals surface area contributed by atoms with Gasteiger partial charge in [0.25, 0.3) is 0 Å². The Morgan fingerprint density at radius 1 is 1.06 bits per heavy atom. The SMILES string of the molecule is CC(=O)N1CCN(c2nc3c(C)c(F)ccc3cc2[C@H](C)Nc2ccnc3cccnc23)CC1. The van der Waals surface area contributed by atoms with E-state index in [9.17, 15) is 9.18 Å². The molecular weight excluding hydrogens is 431 g/mol. The van der Waals surface area contributed by atoms with Crippen molar-refractivity contribution >= 4 is 39.3 Å². The van der Waals surface area contributed by atoms with Crippen LogP contribution in [0, 0.1) is 12.7 Å². The van der Waals surface area contributed by atoms with Crippen LogP contribution in [0.3, 0.4) is 0 Å². The molecule has 0 spiro atoms. The lowest BCUT2D eigenvalue weighted by Crippen LogP contribution is -2.48. The van der Waals surface area contributed by atoms with Gasteiger partial charge in [0.1, 0.15) is 17.2 Å². The molecule has 0 unspecified atom stereocenters. The summed E-state index contributed by atoms with van der Waals surface area (Å²) in [5.41, 5.74) is 4.73. The number of hydrogen-bond acceptors (Lipinski definition) is 6. The van der Waals surface area contributed by atoms with Crippen LogP contribution in [0.4, 0.5) is 15.9 Å². The number of halogens is 1. The van der Waals surface area contributed by atoms with Gasteiger partial charge >= 0.3 is 0 Å². The van der Waals surface area contributed by atoms with Crippen LogP contribution in [0.25, 0.3) is 21.9 Å². The molecule has 7 nitrogen and oxygen atoms in total. The minimum absolute atomic E-state index is 0.0800. The summed E-state index contributed by atoms with van der Waals surface area (Å²) in [6.45, 7) is 8.06. The number of aryl methyl sites for hydroxylation is 1. The minimum atomic E-state index is -0.263. The average Bonchev–Trinajstić information content (AvgIpc) is 2.86. The Labute approximate surface area is 197 Å². The van der Waals surface area contributed by atoms with E-state index < -0.39 is 0 Å². The van der Waals surface area contributed by atoms with E-state index in [1.54, 1.807) is 32.3 Å². The maximum absolute atomic E-state index is 14.3. The molecule has 4 heterocycles. The number of fused-ring (bicyclic) bond motifs is 2. The number of benzene rings is 1. The number of piperazine rings is 1. The van der Waals surface area contributed by atoms with E-state index in [2.05, 4.69) is 33.2 Å². The summed E-state index contributed by atoms with van der Waals surface area (Å²) in [6.07, 6.45) is 3.53. The molecule has 174 valence electrons. The second-order valence-electron chi connectivity index (χ2n) is 8.73. The van der Waals surface area contributed by atoms with Gasteiger partial charge in [0, 0.05) is 62.0 Å². The molecular formula is C26H27FN6O. The number of nitrogens with one attached hydrogen (secondary N) is 1. The fraction of sp³-hybridized carbons (Fsp3) is 0.308. The molecule has 0 aliphatic carbocycles. The zero-order valence-corrected chi connectivity index (χ0v) is 19.5. The Kier molecular flexibility index (Phi) is 5.73. The van der Waals surface area contributed by atoms with E-state index in [-0.39, 0.29) is 17.8 Å². The number of amides is 1. The van der Waals surface area contributed by atoms with E-state index in [0.29, 0.717) is 37.3 Å². The van der Waals surface area contributed by atoms with E-state index in [4.69, 9.17) is 4.98 Å². The van der Waals surface area contributed by atoms with Crippen molar-refractivity contribution in [3.8, 4) is 0 Å². The highest BCUT2D eigenvalue weighted by Crippen LogP contribution is 2.33. The Morgan fingerprint density at radius 3 is 2.62 bits per heavy atom. The second-order valence-corrected chi connectivity index (χ2v) is 8.73. The lowest BCUT2D eigenvalue weighted by Gasteiger charge is -2.36. The summed E-state index contributed by atoms with van der Waals surface area (Å²) in [5, 5.41) is 4.49. The van der Waals surface area contributed by atoms with Crippen LogP contribution in [-0.4, -0.2) is 51.9 Å². The van der Waals surface area contributed by atoms with Crippen molar-refractivity contribution in [2.45, 2.75) is 26.8 Å². The smallest absolute Gasteiger partial charge is 0.219 e. The fourth-order valence-corrected chi connectivity index (χ4v) is 4.58. The van der Waals surface area contributed by atoms with E-state index >= 15 is 0 Å². The average molecular weight is 459 g/mol. The molecule has 1 fully saturated rings. The molecule has 1 aliphatic heterocycles. The predicted molar refractivity (Wildman–Crippen MR) is 132 cm³/mol. The van der Waals surface area contributed by atoms with Crippen molar-refractivity contribution in [3.05, 3.63) is 65.7 Å². The number of carbonyl (C=O) groups excluding carboxylic acids is 1. The predicted octanol–water partition coefficient (Wildman–Crippen LogP) is 4.47. The summed E-state index contributed by atoms with van der Waals surface area (Å²) < 4.78 is 14.3. The van der Waals surface area contributed by atoms with Crippen molar-refractivity contribution < 1.29 is 9.18 Å². The Balaban J connectivity index is 1.56. The molecule has 5 rings (SSSR count). The van der Waals surface area contributed by atoms with E-state index in [1.165, 1.54) is 6.07 Å². The van der Waals surface area contributed by atoms with Crippen molar-refractivity contribution in [1.82, 2.24) is 19.9 Å². The van der Waals surface area contributed by atoms with Gasteiger partial charge in [-0.05, 0) is 50.2 Å². The van der Waals surface area contributed by atoms with E-state index in [0.717, 1.165) is 33.5 Å². The highest BCUT2D eigenvalue weighted by Gasteiger charge is 2.25. The molecule has 1 aliphatic rings. The topological polar surface area (TPSA) is 74.2 Å². The molecule has 0 bridgehead atoms. The number of aromatic nitrogens is 3. The van der Waals surface area contributed by atoms with Crippen LogP contribution in [0.1, 0.15) is 31.0 Å². The fourth-order valence-electron chi connectivity index (χ4n) is 4.58. The molecule has 8 heteroatoms. The molecule has 1 amide bonds. The van der Waals surface area contributed by atoms with Gasteiger partial charge in [0.05, 0.1) is 22.8 Å². The minimum Gasteiger partial charge on any atom is -0.377 e. The third-order valence-electron chi connectivity index (χ3n) is 6.54. The van der Waals surface area contributed by atoms with Gasteiger partial charge < -0.3 is 15.1 Å². The van der Waals surface area contributed by atoms with Crippen LogP contribution >= 0.6 is 0 Å². The van der Waals surface area contributed by atoms with Crippen molar-refractivity contribution in [3.63, 3.8) is 0 Å². The van der Waals surface area contributed by atoms with Crippen molar-refractivity contribution in [2.24, 2.45) is 0 Å². The highest BCUT2D eigenvalue weighted by atomic mass is 19.1. The molecule has 3 aromatic heterocycles. The maximum Gasteiger partial charge on any atom is 0.219 e. The van der Waals surface area contributed by atoms with Gasteiger partial charge in [-0.3, -0.25) is 14.8 Å². The second kappa shape index (κ2) is 8.85. The monoisotopic (exact) mass is 458 g/mol. The quantitative estimate of drug-likeness (QED) is 0.487. The Morgan fingerprint density at radius 2 is 1.85 bits per heavy atom. The molecule has 1 N–H and O–H groups in total. The summed E-state index contributed by atoms with van der Waals surface area (Å²) in [6, 6.07) is 11.0. The normalized spacial score (nSPS) is 15.1. The molecule has 4 aromatic rings. The van der Waals surface area contributed by atoms with Crippen LogP contribution < -0.4 is 10.2 Å². The van der Waals surface area contributed by atoms with Gasteiger partial charge in [-0.2, -0.15) is 0 Å². The van der Waals surface area contributed by atoms with Gasteiger partial charge in [-0.25, -0.2) is 9.37 Å². The zero-order chi connectivity index (χ0) is 23.8. The van der Waals surface area contributed by atoms with Crippen LogP contribution in [0.2, 0.25) is 0 Å². The molecule has 1 saturated heterocycles. The first-order chi connectivity index (χ1) is 16.4. The maximum atomic E-state index is 14.3. The summed E-state index contributed by atoms with van der Waals surface area (Å²) >= 11 is 0. The van der Waals surface area contributed by atoms with Crippen molar-refractivity contribution in [1.29, 1.82) is 0 Å². The number of nitrogens with zero attached hydrogens (tertiary/aromatic N) is 5. The first-order valence-corrected chi connectivity index (χ1v) is 11.5. The number of rotatable bonds is 4. The van der Waals surface area contributed by atoms with Crippen LogP contribution in [0.15, 0.2) is 48.8 Å². The first kappa shape index (κ1) is 22.0. The molecule has 1 atom stereocenters. The lowest BCUT2D eigenvalue weighted by atomic mass is 10.0. The van der Waals surface area contributed by atoms with Gasteiger partial charge in [-0.1, -0.05) is 0 Å². The zero-order valence-electron chi connectivity index (χ0n) is 19.5. The molecule has 34 heavy (non-hydrogen) atoms. The number of pyridine rings is 3. The third-order valence-corrected chi connectivity index (χ3v) is 6.54. The largest absolute Gasteiger partial charge is 0.377 e. The lowest BCUT2D eigenvalue weighted by molar-refractivity contribution is -0.129. The standard InChI is InChI=1S/C26H27FN6O/c1-16-21(27)7-6-19-15-20(17(2)30-23-8-10-28-22-5-4-9-29-25(22)23)26(31-24(16)19)33-13-11-32(12-14-33)18(3)34/h4-10,15,17H,11-14H2,1-3H3,(H,28,30)/t17-/m0/s1. The highest BCUT2D eigenvalue weighted by molar-refractivity contribution is 5.88. The molecule has 0 saturated carbocycles. The number of carbonyl (C=O) groups is 1. The van der Waals surface area contributed by atoms with Gasteiger partial charge in [0.15, 0.2) is 0 Å². The van der Waals surface area contributed by atoms with Crippen molar-refractivity contribution in [2.75, 3.05) is 36.4 Å². The number of anilines is 2. The summed E-state index contributed by atoms with van der Waals surface area (Å²) in [5.74, 6) is 0.632. The van der Waals surface area contributed by atoms with Gasteiger partial charge in [0.2, 0.25) is 5.91 Å². The molecule has 1 aromatic carbocycles.